The maximum Gasteiger partial charge on any atom is 0.237 e. The minimum atomic E-state index is -0.0212. The van der Waals surface area contributed by atoms with Crippen LogP contribution >= 0.6 is 0 Å². The molecular formula is C13H27N3O. The van der Waals surface area contributed by atoms with E-state index in [1.165, 1.54) is 0 Å². The molecular weight excluding hydrogens is 214 g/mol. The van der Waals surface area contributed by atoms with Crippen molar-refractivity contribution in [2.24, 2.45) is 11.7 Å². The van der Waals surface area contributed by atoms with Crippen LogP contribution < -0.4 is 11.1 Å². The summed E-state index contributed by atoms with van der Waals surface area (Å²) in [5, 5.41) is 3.11. The molecule has 0 spiro atoms. The lowest BCUT2D eigenvalue weighted by atomic mass is 10.1. The van der Waals surface area contributed by atoms with Gasteiger partial charge in [-0.05, 0) is 45.2 Å². The molecule has 2 unspecified atom stereocenters. The quantitative estimate of drug-likeness (QED) is 0.728. The number of hydrogen-bond donors (Lipinski definition) is 2. The van der Waals surface area contributed by atoms with Crippen molar-refractivity contribution >= 4 is 5.91 Å². The Balaban J connectivity index is 2.41. The monoisotopic (exact) mass is 241 g/mol. The van der Waals surface area contributed by atoms with E-state index in [0.717, 1.165) is 38.9 Å². The summed E-state index contributed by atoms with van der Waals surface area (Å²) in [6.07, 6.45) is 3.12. The zero-order valence-corrected chi connectivity index (χ0v) is 11.4. The number of nitrogens with one attached hydrogen (secondary N) is 1. The van der Waals surface area contributed by atoms with Gasteiger partial charge in [-0.1, -0.05) is 13.8 Å². The molecule has 1 heterocycles. The van der Waals surface area contributed by atoms with Crippen LogP contribution in [-0.4, -0.2) is 42.5 Å². The highest BCUT2D eigenvalue weighted by Crippen LogP contribution is 2.17. The molecule has 0 aromatic rings. The standard InChI is InChI=1S/C13H27N3O/c1-4-12(5-2)15-13(17)10(3)16-7-6-11(8-14)9-16/h10-12H,4-9,14H2,1-3H3,(H,15,17). The first-order valence-electron chi connectivity index (χ1n) is 6.86. The van der Waals surface area contributed by atoms with Gasteiger partial charge in [-0.25, -0.2) is 0 Å². The number of rotatable bonds is 6. The van der Waals surface area contributed by atoms with Crippen molar-refractivity contribution in [3.63, 3.8) is 0 Å². The summed E-state index contributed by atoms with van der Waals surface area (Å²) >= 11 is 0. The molecule has 3 N–H and O–H groups in total. The van der Waals surface area contributed by atoms with E-state index in [2.05, 4.69) is 24.1 Å². The van der Waals surface area contributed by atoms with Crippen LogP contribution in [0.25, 0.3) is 0 Å². The van der Waals surface area contributed by atoms with Crippen molar-refractivity contribution < 1.29 is 4.79 Å². The van der Waals surface area contributed by atoms with Gasteiger partial charge in [-0.3, -0.25) is 9.69 Å². The van der Waals surface area contributed by atoms with Gasteiger partial charge in [-0.2, -0.15) is 0 Å². The number of hydrogen-bond acceptors (Lipinski definition) is 3. The molecule has 0 aromatic heterocycles. The minimum absolute atomic E-state index is 0.0212. The first-order chi connectivity index (χ1) is 8.12. The predicted molar refractivity (Wildman–Crippen MR) is 70.7 cm³/mol. The molecule has 1 aliphatic heterocycles. The third kappa shape index (κ3) is 3.96. The van der Waals surface area contributed by atoms with E-state index in [9.17, 15) is 4.79 Å². The summed E-state index contributed by atoms with van der Waals surface area (Å²) in [4.78, 5) is 14.3. The number of nitrogens with zero attached hydrogens (tertiary/aromatic N) is 1. The van der Waals surface area contributed by atoms with E-state index in [-0.39, 0.29) is 11.9 Å². The Kier molecular flexibility index (Phi) is 5.92. The summed E-state index contributed by atoms with van der Waals surface area (Å²) < 4.78 is 0. The first-order valence-corrected chi connectivity index (χ1v) is 6.86. The van der Waals surface area contributed by atoms with Crippen LogP contribution in [0.2, 0.25) is 0 Å². The number of carbonyl (C=O) groups excluding carboxylic acids is 1. The smallest absolute Gasteiger partial charge is 0.237 e. The van der Waals surface area contributed by atoms with E-state index >= 15 is 0 Å². The molecule has 17 heavy (non-hydrogen) atoms. The van der Waals surface area contributed by atoms with Gasteiger partial charge in [0.2, 0.25) is 5.91 Å². The Hall–Kier alpha value is -0.610. The molecule has 0 saturated carbocycles. The normalized spacial score (nSPS) is 23.0. The average Bonchev–Trinajstić information content (AvgIpc) is 2.83. The van der Waals surface area contributed by atoms with E-state index < -0.39 is 0 Å². The van der Waals surface area contributed by atoms with Gasteiger partial charge in [0.1, 0.15) is 0 Å². The van der Waals surface area contributed by atoms with Gasteiger partial charge >= 0.3 is 0 Å². The SMILES string of the molecule is CCC(CC)NC(=O)C(C)N1CCC(CN)C1. The van der Waals surface area contributed by atoms with E-state index in [0.29, 0.717) is 12.0 Å². The summed E-state index contributed by atoms with van der Waals surface area (Å²) in [5.41, 5.74) is 5.67. The fourth-order valence-corrected chi connectivity index (χ4v) is 2.39. The lowest BCUT2D eigenvalue weighted by molar-refractivity contribution is -0.126. The lowest BCUT2D eigenvalue weighted by Gasteiger charge is -2.25. The summed E-state index contributed by atoms with van der Waals surface area (Å²) in [6.45, 7) is 8.92. The zero-order chi connectivity index (χ0) is 12.8. The van der Waals surface area contributed by atoms with Gasteiger partial charge < -0.3 is 11.1 Å². The van der Waals surface area contributed by atoms with E-state index in [4.69, 9.17) is 5.73 Å². The number of likely N-dealkylation sites (tertiary alicyclic amines) is 1. The van der Waals surface area contributed by atoms with E-state index in [1.54, 1.807) is 0 Å². The second kappa shape index (κ2) is 6.97. The van der Waals surface area contributed by atoms with Crippen LogP contribution in [-0.2, 0) is 4.79 Å². The van der Waals surface area contributed by atoms with Crippen molar-refractivity contribution in [2.45, 2.75) is 52.1 Å². The third-order valence-electron chi connectivity index (χ3n) is 3.91. The fraction of sp³-hybridized carbons (Fsp3) is 0.923. The van der Waals surface area contributed by atoms with Gasteiger partial charge in [-0.15, -0.1) is 0 Å². The molecule has 100 valence electrons. The molecule has 4 heteroatoms. The van der Waals surface area contributed by atoms with Crippen LogP contribution in [0, 0.1) is 5.92 Å². The fourth-order valence-electron chi connectivity index (χ4n) is 2.39. The maximum absolute atomic E-state index is 12.1. The van der Waals surface area contributed by atoms with Crippen molar-refractivity contribution in [3.05, 3.63) is 0 Å². The lowest BCUT2D eigenvalue weighted by Crippen LogP contribution is -2.47. The Morgan fingerprint density at radius 3 is 2.59 bits per heavy atom. The second-order valence-corrected chi connectivity index (χ2v) is 5.08. The number of nitrogens with two attached hydrogens (primary N) is 1. The molecule has 1 rings (SSSR count). The molecule has 1 fully saturated rings. The van der Waals surface area contributed by atoms with E-state index in [1.807, 2.05) is 6.92 Å². The molecule has 0 radical (unpaired) electrons. The van der Waals surface area contributed by atoms with Crippen molar-refractivity contribution in [1.82, 2.24) is 10.2 Å². The maximum atomic E-state index is 12.1. The Morgan fingerprint density at radius 2 is 2.12 bits per heavy atom. The number of amides is 1. The van der Waals surface area contributed by atoms with Crippen molar-refractivity contribution in [3.8, 4) is 0 Å². The average molecular weight is 241 g/mol. The predicted octanol–water partition coefficient (Wildman–Crippen LogP) is 0.960. The Morgan fingerprint density at radius 1 is 1.47 bits per heavy atom. The Bertz CT molecular complexity index is 241. The molecule has 1 saturated heterocycles. The highest BCUT2D eigenvalue weighted by atomic mass is 16.2. The summed E-state index contributed by atoms with van der Waals surface area (Å²) in [7, 11) is 0. The first kappa shape index (κ1) is 14.5. The highest BCUT2D eigenvalue weighted by molar-refractivity contribution is 5.81. The molecule has 1 amide bonds. The molecule has 1 aliphatic rings. The zero-order valence-electron chi connectivity index (χ0n) is 11.4. The van der Waals surface area contributed by atoms with Crippen LogP contribution in [0.4, 0.5) is 0 Å². The molecule has 0 aromatic carbocycles. The van der Waals surface area contributed by atoms with Gasteiger partial charge in [0, 0.05) is 12.6 Å². The summed E-state index contributed by atoms with van der Waals surface area (Å²) in [6, 6.07) is 0.296. The molecule has 0 aliphatic carbocycles. The Labute approximate surface area is 105 Å². The van der Waals surface area contributed by atoms with Crippen LogP contribution in [0.1, 0.15) is 40.0 Å². The molecule has 0 bridgehead atoms. The minimum Gasteiger partial charge on any atom is -0.352 e. The third-order valence-corrected chi connectivity index (χ3v) is 3.91. The highest BCUT2D eigenvalue weighted by Gasteiger charge is 2.29. The van der Waals surface area contributed by atoms with Gasteiger partial charge in [0.25, 0.3) is 0 Å². The van der Waals surface area contributed by atoms with Crippen LogP contribution in [0.15, 0.2) is 0 Å². The second-order valence-electron chi connectivity index (χ2n) is 5.08. The van der Waals surface area contributed by atoms with Crippen LogP contribution in [0.3, 0.4) is 0 Å². The summed E-state index contributed by atoms with van der Waals surface area (Å²) in [5.74, 6) is 0.731. The topological polar surface area (TPSA) is 58.4 Å². The van der Waals surface area contributed by atoms with Crippen molar-refractivity contribution in [2.75, 3.05) is 19.6 Å². The number of carbonyl (C=O) groups is 1. The van der Waals surface area contributed by atoms with Crippen LogP contribution in [0.5, 0.6) is 0 Å². The van der Waals surface area contributed by atoms with Gasteiger partial charge in [0.15, 0.2) is 0 Å². The van der Waals surface area contributed by atoms with Crippen molar-refractivity contribution in [1.29, 1.82) is 0 Å². The molecule has 4 nitrogen and oxygen atoms in total. The molecule has 2 atom stereocenters. The largest absolute Gasteiger partial charge is 0.352 e. The van der Waals surface area contributed by atoms with Gasteiger partial charge in [0.05, 0.1) is 6.04 Å².